The number of methoxy groups -OCH3 is 2. The fourth-order valence-corrected chi connectivity index (χ4v) is 9.67. The predicted octanol–water partition coefficient (Wildman–Crippen LogP) is 9.14. The van der Waals surface area contributed by atoms with Gasteiger partial charge in [0, 0.05) is 63.5 Å². The molecule has 0 radical (unpaired) electrons. The molecule has 0 saturated carbocycles. The number of hydrogen-bond donors (Lipinski definition) is 6. The molecule has 6 N–H and O–H groups in total. The van der Waals surface area contributed by atoms with E-state index in [0.717, 1.165) is 96.3 Å². The molecule has 4 aromatic carbocycles. The molecule has 8 rings (SSSR count). The van der Waals surface area contributed by atoms with Gasteiger partial charge in [-0.2, -0.15) is 0 Å². The van der Waals surface area contributed by atoms with E-state index < -0.39 is 0 Å². The fraction of sp³-hybridized carbons (Fsp3) is 0.306. The van der Waals surface area contributed by atoms with Gasteiger partial charge in [-0.1, -0.05) is 71.2 Å². The van der Waals surface area contributed by atoms with Gasteiger partial charge in [0.2, 0.25) is 0 Å². The van der Waals surface area contributed by atoms with E-state index in [0.29, 0.717) is 17.2 Å². The predicted molar refractivity (Wildman–Crippen MR) is 250 cm³/mol. The van der Waals surface area contributed by atoms with Crippen molar-refractivity contribution in [2.45, 2.75) is 64.3 Å². The molecule has 2 amide bonds. The summed E-state index contributed by atoms with van der Waals surface area (Å²) < 4.78 is 11.3. The van der Waals surface area contributed by atoms with Gasteiger partial charge in [0.25, 0.3) is 11.8 Å². The molecule has 0 spiro atoms. The molecule has 0 aliphatic carbocycles. The number of benzene rings is 4. The van der Waals surface area contributed by atoms with Crippen molar-refractivity contribution in [3.63, 3.8) is 0 Å². The van der Waals surface area contributed by atoms with Crippen LogP contribution in [0.5, 0.6) is 10.1 Å². The van der Waals surface area contributed by atoms with Crippen LogP contribution in [0.2, 0.25) is 0 Å². The lowest BCUT2D eigenvalue weighted by atomic mass is 9.93. The number of rotatable bonds is 16. The SMILES string of the molecule is COc1ccc(-c2cccc([C@@H](C)NC(=O)c3cc(NC4CNC4Cc4cc(-c5cccc([C@@H](C)NC(=O)c6cc(NC7CNC7)ccc6C)c5)sc4OC)ccc3C)c2)s1. The van der Waals surface area contributed by atoms with E-state index in [1.54, 1.807) is 36.9 Å². The van der Waals surface area contributed by atoms with Crippen LogP contribution in [0.3, 0.4) is 0 Å². The van der Waals surface area contributed by atoms with Crippen molar-refractivity contribution < 1.29 is 19.1 Å². The maximum absolute atomic E-state index is 13.7. The van der Waals surface area contributed by atoms with Crippen LogP contribution in [0.1, 0.15) is 74.5 Å². The summed E-state index contributed by atoms with van der Waals surface area (Å²) in [7, 11) is 3.41. The highest BCUT2D eigenvalue weighted by atomic mass is 32.1. The highest BCUT2D eigenvalue weighted by molar-refractivity contribution is 7.17. The Balaban J connectivity index is 0.893. The van der Waals surface area contributed by atoms with Crippen molar-refractivity contribution in [3.8, 4) is 31.0 Å². The molecule has 2 aromatic heterocycles. The van der Waals surface area contributed by atoms with Gasteiger partial charge in [-0.15, -0.1) is 0 Å². The molecule has 2 fully saturated rings. The Hall–Kier alpha value is -5.66. The molecule has 12 heteroatoms. The second-order valence-electron chi connectivity index (χ2n) is 16.1. The van der Waals surface area contributed by atoms with Crippen LogP contribution in [0.4, 0.5) is 11.4 Å². The molecule has 2 aliphatic rings. The lowest BCUT2D eigenvalue weighted by Crippen LogP contribution is -2.61. The number of carbonyl (C=O) groups excluding carboxylic acids is 2. The Labute approximate surface area is 366 Å². The lowest BCUT2D eigenvalue weighted by Gasteiger charge is -2.39. The molecular formula is C49H54N6O4S2. The van der Waals surface area contributed by atoms with Crippen LogP contribution in [0.15, 0.2) is 103 Å². The first kappa shape index (κ1) is 42.0. The molecule has 2 saturated heterocycles. The summed E-state index contributed by atoms with van der Waals surface area (Å²) in [6.45, 7) is 10.7. The molecule has 4 atom stereocenters. The van der Waals surface area contributed by atoms with E-state index in [2.05, 4.69) is 74.4 Å². The molecule has 2 aliphatic heterocycles. The molecule has 316 valence electrons. The summed E-state index contributed by atoms with van der Waals surface area (Å²) in [5.41, 5.74) is 10.5. The third-order valence-corrected chi connectivity index (χ3v) is 14.1. The van der Waals surface area contributed by atoms with Crippen molar-refractivity contribution in [1.29, 1.82) is 0 Å². The van der Waals surface area contributed by atoms with Crippen molar-refractivity contribution in [3.05, 3.63) is 142 Å². The third-order valence-electron chi connectivity index (χ3n) is 11.8. The zero-order valence-corrected chi connectivity index (χ0v) is 37.1. The second kappa shape index (κ2) is 18.5. The zero-order valence-electron chi connectivity index (χ0n) is 35.5. The van der Waals surface area contributed by atoms with E-state index in [9.17, 15) is 9.59 Å². The van der Waals surface area contributed by atoms with Crippen LogP contribution in [0, 0.1) is 13.8 Å². The number of ether oxygens (including phenoxy) is 2. The second-order valence-corrected chi connectivity index (χ2v) is 18.2. The summed E-state index contributed by atoms with van der Waals surface area (Å²) in [5.74, 6) is -0.192. The molecule has 2 unspecified atom stereocenters. The number of nitrogens with one attached hydrogen (secondary N) is 6. The maximum atomic E-state index is 13.7. The number of amides is 2. The van der Waals surface area contributed by atoms with Gasteiger partial charge in [0.05, 0.1) is 38.4 Å². The molecule has 4 heterocycles. The fourth-order valence-electron chi connectivity index (χ4n) is 7.85. The number of carbonyl (C=O) groups is 2. The molecule has 0 bridgehead atoms. The summed E-state index contributed by atoms with van der Waals surface area (Å²) in [6.07, 6.45) is 0.780. The highest BCUT2D eigenvalue weighted by Gasteiger charge is 2.32. The Morgan fingerprint density at radius 2 is 1.30 bits per heavy atom. The topological polar surface area (TPSA) is 125 Å². The molecule has 61 heavy (non-hydrogen) atoms. The lowest BCUT2D eigenvalue weighted by molar-refractivity contribution is 0.0931. The highest BCUT2D eigenvalue weighted by Crippen LogP contribution is 2.39. The van der Waals surface area contributed by atoms with Crippen LogP contribution < -0.4 is 41.4 Å². The Morgan fingerprint density at radius 3 is 1.82 bits per heavy atom. The first-order valence-corrected chi connectivity index (χ1v) is 22.5. The number of thiophene rings is 2. The quantitative estimate of drug-likeness (QED) is 0.0570. The zero-order chi connectivity index (χ0) is 42.6. The van der Waals surface area contributed by atoms with Gasteiger partial charge < -0.3 is 41.4 Å². The summed E-state index contributed by atoms with van der Waals surface area (Å²) in [6, 6.07) is 35.3. The van der Waals surface area contributed by atoms with Crippen molar-refractivity contribution in [1.82, 2.24) is 21.3 Å². The first-order valence-electron chi connectivity index (χ1n) is 20.9. The summed E-state index contributed by atoms with van der Waals surface area (Å²) in [5, 5.41) is 22.3. The van der Waals surface area contributed by atoms with Gasteiger partial charge in [-0.3, -0.25) is 9.59 Å². The monoisotopic (exact) mass is 854 g/mol. The normalized spacial score (nSPS) is 17.0. The number of aryl methyl sites for hydroxylation is 2. The Morgan fingerprint density at radius 1 is 0.689 bits per heavy atom. The summed E-state index contributed by atoms with van der Waals surface area (Å²) >= 11 is 3.23. The summed E-state index contributed by atoms with van der Waals surface area (Å²) in [4.78, 5) is 29.4. The van der Waals surface area contributed by atoms with Crippen LogP contribution >= 0.6 is 22.7 Å². The molecule has 10 nitrogen and oxygen atoms in total. The maximum Gasteiger partial charge on any atom is 0.252 e. The Kier molecular flexibility index (Phi) is 12.8. The van der Waals surface area contributed by atoms with E-state index in [1.807, 2.05) is 88.4 Å². The average Bonchev–Trinajstić information content (AvgIpc) is 3.91. The van der Waals surface area contributed by atoms with Gasteiger partial charge in [0.1, 0.15) is 0 Å². The van der Waals surface area contributed by atoms with E-state index in [4.69, 9.17) is 9.47 Å². The van der Waals surface area contributed by atoms with Crippen LogP contribution in [-0.2, 0) is 6.42 Å². The number of hydrogen-bond acceptors (Lipinski definition) is 10. The van der Waals surface area contributed by atoms with E-state index in [-0.39, 0.29) is 36.0 Å². The van der Waals surface area contributed by atoms with Gasteiger partial charge in [-0.25, -0.2) is 0 Å². The van der Waals surface area contributed by atoms with Crippen LogP contribution in [-0.4, -0.2) is 63.8 Å². The van der Waals surface area contributed by atoms with E-state index >= 15 is 0 Å². The minimum Gasteiger partial charge on any atom is -0.487 e. The van der Waals surface area contributed by atoms with Crippen molar-refractivity contribution >= 4 is 45.9 Å². The van der Waals surface area contributed by atoms with E-state index in [1.165, 1.54) is 0 Å². The largest absolute Gasteiger partial charge is 0.487 e. The van der Waals surface area contributed by atoms with Crippen LogP contribution in [0.25, 0.3) is 20.9 Å². The first-order chi connectivity index (χ1) is 29.5. The van der Waals surface area contributed by atoms with Crippen molar-refractivity contribution in [2.75, 3.05) is 44.5 Å². The minimum atomic E-state index is -0.192. The van der Waals surface area contributed by atoms with Gasteiger partial charge in [-0.05, 0) is 122 Å². The number of anilines is 2. The minimum absolute atomic E-state index is 0.0874. The molecule has 6 aromatic rings. The third kappa shape index (κ3) is 9.63. The smallest absolute Gasteiger partial charge is 0.252 e. The van der Waals surface area contributed by atoms with Gasteiger partial charge in [0.15, 0.2) is 10.1 Å². The Bertz CT molecular complexity index is 2530. The average molecular weight is 855 g/mol. The molecular weight excluding hydrogens is 801 g/mol. The standard InChI is InChI=1S/C49H54N6O4S2/c1-28-13-15-37(54-39-25-50-26-39)23-40(28)47(56)53-31(4)33-10-8-12-35(20-33)45-22-36(49(59-6)61-45)21-42-43(27-51-42)55-38-16-14-29(2)41(24-38)48(57)52-30(3)32-9-7-11-34(19-32)44-17-18-46(58-5)60-44/h7-20,22-24,30-31,39,42-43,50-51,54-55H,21,25-27H2,1-6H3,(H,52,57)(H,53,56)/t30-,31-,42?,43?/m1/s1. The van der Waals surface area contributed by atoms with Crippen molar-refractivity contribution in [2.24, 2.45) is 0 Å². The van der Waals surface area contributed by atoms with Gasteiger partial charge >= 0.3 is 0 Å².